The number of thiazole rings is 1. The second kappa shape index (κ2) is 7.89. The molecule has 148 valence electrons. The SMILES string of the molecule is Cc1ncsc1COc1ccc2nn(C)c(C(=O)NC3CCN(C)CC3)c2c1. The molecule has 2 aromatic heterocycles. The van der Waals surface area contributed by atoms with E-state index in [-0.39, 0.29) is 11.9 Å². The molecule has 8 heteroatoms. The molecule has 1 N–H and O–H groups in total. The molecule has 0 bridgehead atoms. The van der Waals surface area contributed by atoms with Crippen LogP contribution in [0.5, 0.6) is 5.75 Å². The van der Waals surface area contributed by atoms with E-state index >= 15 is 0 Å². The first kappa shape index (κ1) is 18.9. The molecule has 1 amide bonds. The Labute approximate surface area is 168 Å². The summed E-state index contributed by atoms with van der Waals surface area (Å²) in [4.78, 5) is 20.6. The number of rotatable bonds is 5. The molecule has 3 heterocycles. The van der Waals surface area contributed by atoms with E-state index in [1.807, 2.05) is 37.7 Å². The molecular weight excluding hydrogens is 374 g/mol. The number of hydrogen-bond donors (Lipinski definition) is 1. The molecule has 0 atom stereocenters. The van der Waals surface area contributed by atoms with Crippen LogP contribution in [0.2, 0.25) is 0 Å². The van der Waals surface area contributed by atoms with Crippen LogP contribution in [-0.4, -0.2) is 51.8 Å². The van der Waals surface area contributed by atoms with Crippen LogP contribution >= 0.6 is 11.3 Å². The number of aryl methyl sites for hydroxylation is 2. The molecule has 4 rings (SSSR count). The van der Waals surface area contributed by atoms with Crippen LogP contribution in [0.4, 0.5) is 0 Å². The normalized spacial score (nSPS) is 15.8. The first-order valence-corrected chi connectivity index (χ1v) is 10.4. The van der Waals surface area contributed by atoms with Crippen LogP contribution in [0, 0.1) is 6.92 Å². The molecule has 1 fully saturated rings. The lowest BCUT2D eigenvalue weighted by atomic mass is 10.1. The lowest BCUT2D eigenvalue weighted by molar-refractivity contribution is 0.0909. The smallest absolute Gasteiger partial charge is 0.270 e. The monoisotopic (exact) mass is 399 g/mol. The summed E-state index contributed by atoms with van der Waals surface area (Å²) in [6, 6.07) is 5.91. The van der Waals surface area contributed by atoms with Crippen molar-refractivity contribution in [2.45, 2.75) is 32.4 Å². The third-order valence-corrected chi connectivity index (χ3v) is 6.20. The van der Waals surface area contributed by atoms with Crippen molar-refractivity contribution < 1.29 is 9.53 Å². The van der Waals surface area contributed by atoms with Gasteiger partial charge in [0.1, 0.15) is 18.1 Å². The van der Waals surface area contributed by atoms with Gasteiger partial charge in [0.15, 0.2) is 0 Å². The molecule has 0 radical (unpaired) electrons. The number of ether oxygens (including phenoxy) is 1. The number of hydrogen-bond acceptors (Lipinski definition) is 6. The molecule has 7 nitrogen and oxygen atoms in total. The molecule has 0 saturated carbocycles. The van der Waals surface area contributed by atoms with Crippen molar-refractivity contribution in [3.8, 4) is 5.75 Å². The average molecular weight is 400 g/mol. The Kier molecular flexibility index (Phi) is 5.32. The Morgan fingerprint density at radius 2 is 2.11 bits per heavy atom. The fourth-order valence-corrected chi connectivity index (χ4v) is 4.25. The number of benzene rings is 1. The minimum absolute atomic E-state index is 0.0741. The van der Waals surface area contributed by atoms with Gasteiger partial charge in [0, 0.05) is 18.5 Å². The average Bonchev–Trinajstić information content (AvgIpc) is 3.23. The highest BCUT2D eigenvalue weighted by atomic mass is 32.1. The van der Waals surface area contributed by atoms with Crippen molar-refractivity contribution in [3.05, 3.63) is 40.0 Å². The molecule has 0 aliphatic carbocycles. The fraction of sp³-hybridized carbons (Fsp3) is 0.450. The summed E-state index contributed by atoms with van der Waals surface area (Å²) in [5, 5.41) is 8.48. The number of piperidine rings is 1. The molecule has 1 aliphatic heterocycles. The van der Waals surface area contributed by atoms with Gasteiger partial charge in [0.2, 0.25) is 0 Å². The minimum Gasteiger partial charge on any atom is -0.488 e. The Balaban J connectivity index is 1.53. The van der Waals surface area contributed by atoms with Crippen LogP contribution in [0.3, 0.4) is 0 Å². The van der Waals surface area contributed by atoms with Gasteiger partial charge < -0.3 is 15.0 Å². The summed E-state index contributed by atoms with van der Waals surface area (Å²) in [7, 11) is 3.92. The van der Waals surface area contributed by atoms with Crippen molar-refractivity contribution >= 4 is 28.1 Å². The Morgan fingerprint density at radius 3 is 2.82 bits per heavy atom. The second-order valence-corrected chi connectivity index (χ2v) is 8.29. The van der Waals surface area contributed by atoms with E-state index in [0.717, 1.165) is 53.2 Å². The summed E-state index contributed by atoms with van der Waals surface area (Å²) in [5.41, 5.74) is 4.18. The van der Waals surface area contributed by atoms with Crippen molar-refractivity contribution in [2.75, 3.05) is 20.1 Å². The quantitative estimate of drug-likeness (QED) is 0.714. The predicted molar refractivity (Wildman–Crippen MR) is 110 cm³/mol. The van der Waals surface area contributed by atoms with Gasteiger partial charge >= 0.3 is 0 Å². The van der Waals surface area contributed by atoms with Crippen molar-refractivity contribution in [3.63, 3.8) is 0 Å². The topological polar surface area (TPSA) is 72.3 Å². The molecule has 1 saturated heterocycles. The number of carbonyl (C=O) groups excluding carboxylic acids is 1. The molecule has 1 aromatic carbocycles. The van der Waals surface area contributed by atoms with Gasteiger partial charge in [-0.05, 0) is 58.1 Å². The zero-order valence-corrected chi connectivity index (χ0v) is 17.3. The first-order chi connectivity index (χ1) is 13.5. The third-order valence-electron chi connectivity index (χ3n) is 5.29. The summed E-state index contributed by atoms with van der Waals surface area (Å²) >= 11 is 1.58. The summed E-state index contributed by atoms with van der Waals surface area (Å²) in [6.45, 7) is 4.46. The summed E-state index contributed by atoms with van der Waals surface area (Å²) in [5.74, 6) is 0.650. The summed E-state index contributed by atoms with van der Waals surface area (Å²) in [6.07, 6.45) is 1.95. The van der Waals surface area contributed by atoms with Gasteiger partial charge in [-0.3, -0.25) is 9.48 Å². The Bertz CT molecular complexity index is 988. The van der Waals surface area contributed by atoms with E-state index in [1.165, 1.54) is 0 Å². The molecule has 1 aliphatic rings. The van der Waals surface area contributed by atoms with Gasteiger partial charge in [0.25, 0.3) is 5.91 Å². The van der Waals surface area contributed by atoms with E-state index < -0.39 is 0 Å². The largest absolute Gasteiger partial charge is 0.488 e. The van der Waals surface area contributed by atoms with Crippen molar-refractivity contribution in [1.29, 1.82) is 0 Å². The number of aromatic nitrogens is 3. The molecule has 0 unspecified atom stereocenters. The number of fused-ring (bicyclic) bond motifs is 1. The maximum atomic E-state index is 13.0. The van der Waals surface area contributed by atoms with Gasteiger partial charge in [0.05, 0.1) is 21.6 Å². The van der Waals surface area contributed by atoms with Crippen molar-refractivity contribution in [1.82, 2.24) is 25.0 Å². The van der Waals surface area contributed by atoms with Gasteiger partial charge in [-0.15, -0.1) is 11.3 Å². The fourth-order valence-electron chi connectivity index (χ4n) is 3.56. The van der Waals surface area contributed by atoms with Crippen LogP contribution in [0.1, 0.15) is 33.9 Å². The van der Waals surface area contributed by atoms with Crippen molar-refractivity contribution in [2.24, 2.45) is 7.05 Å². The third kappa shape index (κ3) is 3.88. The van der Waals surface area contributed by atoms with Crippen LogP contribution in [0.25, 0.3) is 10.9 Å². The van der Waals surface area contributed by atoms with Crippen LogP contribution in [-0.2, 0) is 13.7 Å². The molecule has 28 heavy (non-hydrogen) atoms. The standard InChI is InChI=1S/C20H25N5O2S/c1-13-18(28-12-21-13)11-27-15-4-5-17-16(10-15)19(25(3)23-17)20(26)22-14-6-8-24(2)9-7-14/h4-5,10,12,14H,6-9,11H2,1-3H3,(H,22,26). The maximum Gasteiger partial charge on any atom is 0.270 e. The number of amides is 1. The molecule has 3 aromatic rings. The van der Waals surface area contributed by atoms with Crippen LogP contribution < -0.4 is 10.1 Å². The van der Waals surface area contributed by atoms with E-state index in [0.29, 0.717) is 12.3 Å². The van der Waals surface area contributed by atoms with Gasteiger partial charge in [-0.1, -0.05) is 0 Å². The summed E-state index contributed by atoms with van der Waals surface area (Å²) < 4.78 is 7.60. The highest BCUT2D eigenvalue weighted by Crippen LogP contribution is 2.25. The zero-order valence-electron chi connectivity index (χ0n) is 16.4. The molecular formula is C20H25N5O2S. The second-order valence-electron chi connectivity index (χ2n) is 7.35. The highest BCUT2D eigenvalue weighted by Gasteiger charge is 2.23. The number of nitrogens with zero attached hydrogens (tertiary/aromatic N) is 4. The predicted octanol–water partition coefficient (Wildman–Crippen LogP) is 2.74. The lowest BCUT2D eigenvalue weighted by Gasteiger charge is -2.29. The van der Waals surface area contributed by atoms with Gasteiger partial charge in [-0.25, -0.2) is 4.98 Å². The zero-order chi connectivity index (χ0) is 19.7. The first-order valence-electron chi connectivity index (χ1n) is 9.49. The Morgan fingerprint density at radius 1 is 1.32 bits per heavy atom. The maximum absolute atomic E-state index is 13.0. The number of nitrogens with one attached hydrogen (secondary N) is 1. The van der Waals surface area contributed by atoms with Gasteiger partial charge in [-0.2, -0.15) is 5.10 Å². The van der Waals surface area contributed by atoms with E-state index in [4.69, 9.17) is 4.74 Å². The lowest BCUT2D eigenvalue weighted by Crippen LogP contribution is -2.43. The minimum atomic E-state index is -0.0741. The van der Waals surface area contributed by atoms with E-state index in [9.17, 15) is 4.79 Å². The Hall–Kier alpha value is -2.45. The van der Waals surface area contributed by atoms with E-state index in [2.05, 4.69) is 27.3 Å². The van der Waals surface area contributed by atoms with E-state index in [1.54, 1.807) is 16.0 Å². The highest BCUT2D eigenvalue weighted by molar-refractivity contribution is 7.09. The van der Waals surface area contributed by atoms with Crippen LogP contribution in [0.15, 0.2) is 23.7 Å². The number of carbonyl (C=O) groups is 1. The molecule has 0 spiro atoms. The number of likely N-dealkylation sites (tertiary alicyclic amines) is 1.